The van der Waals surface area contributed by atoms with E-state index in [1.165, 1.54) is 12.1 Å². The van der Waals surface area contributed by atoms with Crippen molar-refractivity contribution >= 4 is 17.3 Å². The molecule has 0 aliphatic carbocycles. The van der Waals surface area contributed by atoms with Crippen molar-refractivity contribution in [1.82, 2.24) is 4.98 Å². The third kappa shape index (κ3) is 2.87. The average Bonchev–Trinajstić information content (AvgIpc) is 2.46. The standard InChI is InChI=1S/C10H12N6O3/c11-5-8-6-15(1-2-19-8)10-4-7(16(17)18)3-9(13-10)14-12/h3-4,8H,1-2,6,12H2,(H,13,14). The maximum Gasteiger partial charge on any atom is 0.276 e. The molecule has 1 fully saturated rings. The van der Waals surface area contributed by atoms with E-state index < -0.39 is 11.0 Å². The van der Waals surface area contributed by atoms with E-state index in [1.54, 1.807) is 4.90 Å². The average molecular weight is 264 g/mol. The summed E-state index contributed by atoms with van der Waals surface area (Å²) in [5.41, 5.74) is 2.18. The Morgan fingerprint density at radius 3 is 3.11 bits per heavy atom. The van der Waals surface area contributed by atoms with Crippen molar-refractivity contribution in [1.29, 1.82) is 5.26 Å². The quantitative estimate of drug-likeness (QED) is 0.443. The van der Waals surface area contributed by atoms with Crippen LogP contribution in [-0.2, 0) is 4.74 Å². The normalized spacial score (nSPS) is 18.7. The van der Waals surface area contributed by atoms with E-state index in [9.17, 15) is 10.1 Å². The number of nitrogen functional groups attached to an aromatic ring is 1. The van der Waals surface area contributed by atoms with Crippen LogP contribution in [0.4, 0.5) is 17.3 Å². The molecule has 9 nitrogen and oxygen atoms in total. The van der Waals surface area contributed by atoms with Crippen LogP contribution in [0, 0.1) is 21.4 Å². The molecule has 0 saturated carbocycles. The molecule has 3 N–H and O–H groups in total. The van der Waals surface area contributed by atoms with Crippen molar-refractivity contribution in [3.63, 3.8) is 0 Å². The van der Waals surface area contributed by atoms with Gasteiger partial charge in [-0.05, 0) is 0 Å². The van der Waals surface area contributed by atoms with Crippen molar-refractivity contribution in [3.8, 4) is 6.07 Å². The fraction of sp³-hybridized carbons (Fsp3) is 0.400. The zero-order chi connectivity index (χ0) is 13.8. The highest BCUT2D eigenvalue weighted by molar-refractivity contribution is 5.55. The van der Waals surface area contributed by atoms with Crippen LogP contribution in [0.5, 0.6) is 0 Å². The number of hydrazine groups is 1. The van der Waals surface area contributed by atoms with E-state index in [-0.39, 0.29) is 11.5 Å². The minimum absolute atomic E-state index is 0.113. The van der Waals surface area contributed by atoms with Gasteiger partial charge in [0.25, 0.3) is 5.69 Å². The van der Waals surface area contributed by atoms with Crippen LogP contribution in [0.25, 0.3) is 0 Å². The zero-order valence-electron chi connectivity index (χ0n) is 9.94. The molecule has 1 unspecified atom stereocenters. The van der Waals surface area contributed by atoms with Gasteiger partial charge < -0.3 is 15.1 Å². The van der Waals surface area contributed by atoms with Gasteiger partial charge in [0.05, 0.1) is 36.3 Å². The molecule has 1 aliphatic rings. The Balaban J connectivity index is 2.30. The summed E-state index contributed by atoms with van der Waals surface area (Å²) in [6, 6.07) is 4.59. The first kappa shape index (κ1) is 13.0. The number of nitro groups is 1. The first-order valence-electron chi connectivity index (χ1n) is 5.53. The Hall–Kier alpha value is -2.44. The number of rotatable bonds is 3. The third-order valence-corrected chi connectivity index (χ3v) is 2.69. The summed E-state index contributed by atoms with van der Waals surface area (Å²) in [4.78, 5) is 16.2. The second-order valence-electron chi connectivity index (χ2n) is 3.90. The fourth-order valence-corrected chi connectivity index (χ4v) is 1.78. The largest absolute Gasteiger partial charge is 0.360 e. The Morgan fingerprint density at radius 2 is 2.47 bits per heavy atom. The number of anilines is 2. The molecule has 9 heteroatoms. The second kappa shape index (κ2) is 5.47. The summed E-state index contributed by atoms with van der Waals surface area (Å²) in [6.07, 6.45) is -0.566. The van der Waals surface area contributed by atoms with Crippen molar-refractivity contribution in [2.75, 3.05) is 30.0 Å². The molecule has 2 rings (SSSR count). The van der Waals surface area contributed by atoms with Gasteiger partial charge in [0.2, 0.25) is 0 Å². The Morgan fingerprint density at radius 1 is 1.68 bits per heavy atom. The van der Waals surface area contributed by atoms with Gasteiger partial charge in [0.1, 0.15) is 11.6 Å². The summed E-state index contributed by atoms with van der Waals surface area (Å²) in [5.74, 6) is 5.83. The number of pyridine rings is 1. The molecule has 100 valence electrons. The van der Waals surface area contributed by atoms with Crippen molar-refractivity contribution in [3.05, 3.63) is 22.2 Å². The number of nitrogens with zero attached hydrogens (tertiary/aromatic N) is 4. The number of nitrogens with two attached hydrogens (primary N) is 1. The lowest BCUT2D eigenvalue weighted by molar-refractivity contribution is -0.384. The third-order valence-electron chi connectivity index (χ3n) is 2.69. The maximum absolute atomic E-state index is 10.8. The van der Waals surface area contributed by atoms with Gasteiger partial charge in [-0.15, -0.1) is 0 Å². The fourth-order valence-electron chi connectivity index (χ4n) is 1.78. The SMILES string of the molecule is N#CC1CN(c2cc([N+](=O)[O-])cc(NN)n2)CCO1. The van der Waals surface area contributed by atoms with Crippen molar-refractivity contribution in [2.24, 2.45) is 5.84 Å². The topological polar surface area (TPSA) is 130 Å². The number of ether oxygens (including phenoxy) is 1. The lowest BCUT2D eigenvalue weighted by Crippen LogP contribution is -2.42. The minimum Gasteiger partial charge on any atom is -0.360 e. The van der Waals surface area contributed by atoms with Crippen molar-refractivity contribution < 1.29 is 9.66 Å². The molecule has 0 spiro atoms. The van der Waals surface area contributed by atoms with E-state index in [0.29, 0.717) is 25.5 Å². The monoisotopic (exact) mass is 264 g/mol. The Kier molecular flexibility index (Phi) is 3.74. The highest BCUT2D eigenvalue weighted by Gasteiger charge is 2.23. The zero-order valence-corrected chi connectivity index (χ0v) is 9.94. The predicted molar refractivity (Wildman–Crippen MR) is 66.3 cm³/mol. The Labute approximate surface area is 108 Å². The van der Waals surface area contributed by atoms with Gasteiger partial charge in [-0.2, -0.15) is 5.26 Å². The van der Waals surface area contributed by atoms with Crippen LogP contribution in [0.1, 0.15) is 0 Å². The summed E-state index contributed by atoms with van der Waals surface area (Å²) >= 11 is 0. The van der Waals surface area contributed by atoms with Gasteiger partial charge in [0, 0.05) is 6.54 Å². The van der Waals surface area contributed by atoms with Crippen LogP contribution < -0.4 is 16.2 Å². The number of hydrogen-bond donors (Lipinski definition) is 2. The lowest BCUT2D eigenvalue weighted by Gasteiger charge is -2.30. The summed E-state index contributed by atoms with van der Waals surface area (Å²) in [5, 5.41) is 19.7. The molecular weight excluding hydrogens is 252 g/mol. The maximum atomic E-state index is 10.8. The highest BCUT2D eigenvalue weighted by Crippen LogP contribution is 2.24. The van der Waals surface area contributed by atoms with Gasteiger partial charge >= 0.3 is 0 Å². The summed E-state index contributed by atoms with van der Waals surface area (Å²) in [6.45, 7) is 1.19. The van der Waals surface area contributed by atoms with Crippen LogP contribution in [0.3, 0.4) is 0 Å². The number of morpholine rings is 1. The summed E-state index contributed by atoms with van der Waals surface area (Å²) in [7, 11) is 0. The van der Waals surface area contributed by atoms with E-state index in [4.69, 9.17) is 15.8 Å². The molecule has 0 radical (unpaired) electrons. The molecule has 1 aliphatic heterocycles. The molecule has 1 aromatic rings. The minimum atomic E-state index is -0.566. The van der Waals surface area contributed by atoms with E-state index in [2.05, 4.69) is 10.4 Å². The van der Waals surface area contributed by atoms with E-state index >= 15 is 0 Å². The Bertz CT molecular complexity index is 528. The van der Waals surface area contributed by atoms with Gasteiger partial charge in [-0.1, -0.05) is 0 Å². The van der Waals surface area contributed by atoms with Crippen LogP contribution in [-0.4, -0.2) is 35.7 Å². The van der Waals surface area contributed by atoms with Gasteiger partial charge in [-0.25, -0.2) is 10.8 Å². The van der Waals surface area contributed by atoms with E-state index in [1.807, 2.05) is 6.07 Å². The van der Waals surface area contributed by atoms with Crippen molar-refractivity contribution in [2.45, 2.75) is 6.10 Å². The smallest absolute Gasteiger partial charge is 0.276 e. The number of hydrogen-bond acceptors (Lipinski definition) is 8. The molecule has 2 heterocycles. The number of aromatic nitrogens is 1. The number of nitriles is 1. The van der Waals surface area contributed by atoms with Crippen LogP contribution in [0.2, 0.25) is 0 Å². The molecule has 1 atom stereocenters. The predicted octanol–water partition coefficient (Wildman–Crippen LogP) is 0.00418. The lowest BCUT2D eigenvalue weighted by atomic mass is 10.2. The second-order valence-corrected chi connectivity index (χ2v) is 3.90. The molecule has 1 saturated heterocycles. The highest BCUT2D eigenvalue weighted by atomic mass is 16.6. The number of nitrogens with one attached hydrogen (secondary N) is 1. The first-order chi connectivity index (χ1) is 9.13. The summed E-state index contributed by atoms with van der Waals surface area (Å²) < 4.78 is 5.21. The van der Waals surface area contributed by atoms with Crippen LogP contribution in [0.15, 0.2) is 12.1 Å². The molecule has 19 heavy (non-hydrogen) atoms. The molecule has 0 aromatic carbocycles. The van der Waals surface area contributed by atoms with Crippen LogP contribution >= 0.6 is 0 Å². The van der Waals surface area contributed by atoms with Gasteiger partial charge in [0.15, 0.2) is 6.10 Å². The first-order valence-corrected chi connectivity index (χ1v) is 5.53. The molecule has 0 bridgehead atoms. The van der Waals surface area contributed by atoms with E-state index in [0.717, 1.165) is 0 Å². The van der Waals surface area contributed by atoms with Gasteiger partial charge in [-0.3, -0.25) is 10.1 Å². The molecule has 1 aromatic heterocycles. The molecular formula is C10H12N6O3. The molecule has 0 amide bonds.